The molecule has 0 N–H and O–H groups in total. The molecule has 0 saturated heterocycles. The van der Waals surface area contributed by atoms with Crippen molar-refractivity contribution < 1.29 is 0 Å². The van der Waals surface area contributed by atoms with Crippen LogP contribution in [0.1, 0.15) is 12.5 Å². The number of rotatable bonds is 8. The minimum absolute atomic E-state index is 0.807. The monoisotopic (exact) mass is 841 g/mol. The molecule has 3 heteroatoms. The molecule has 3 heterocycles. The predicted octanol–water partition coefficient (Wildman–Crippen LogP) is 16.7. The average molecular weight is 842 g/mol. The van der Waals surface area contributed by atoms with Crippen molar-refractivity contribution in [3.8, 4) is 78.4 Å². The summed E-state index contributed by atoms with van der Waals surface area (Å²) >= 11 is 0. The van der Waals surface area contributed by atoms with Gasteiger partial charge in [0.1, 0.15) is 0 Å². The molecule has 0 atom stereocenters. The van der Waals surface area contributed by atoms with Gasteiger partial charge in [0.25, 0.3) is 0 Å². The second-order valence-corrected chi connectivity index (χ2v) is 16.9. The van der Waals surface area contributed by atoms with Crippen molar-refractivity contribution in [3.63, 3.8) is 0 Å². The molecule has 0 saturated carbocycles. The van der Waals surface area contributed by atoms with Crippen LogP contribution in [0.4, 0.5) is 0 Å². The average Bonchev–Trinajstić information content (AvgIpc) is 3.40. The molecule has 0 aliphatic rings. The molecule has 0 aliphatic carbocycles. The molecule has 3 nitrogen and oxygen atoms in total. The van der Waals surface area contributed by atoms with Gasteiger partial charge < -0.3 is 0 Å². The summed E-state index contributed by atoms with van der Waals surface area (Å²) < 4.78 is 0. The van der Waals surface area contributed by atoms with Crippen LogP contribution < -0.4 is 0 Å². The lowest BCUT2D eigenvalue weighted by molar-refractivity contribution is 1.16. The maximum Gasteiger partial charge on any atom is 0.0900 e. The van der Waals surface area contributed by atoms with Crippen molar-refractivity contribution in [2.24, 2.45) is 0 Å². The number of fused-ring (bicyclic) bond motifs is 4. The number of hydrogen-bond acceptors (Lipinski definition) is 3. The van der Waals surface area contributed by atoms with Crippen molar-refractivity contribution >= 4 is 43.1 Å². The van der Waals surface area contributed by atoms with E-state index >= 15 is 0 Å². The van der Waals surface area contributed by atoms with Crippen LogP contribution in [0.2, 0.25) is 0 Å². The maximum atomic E-state index is 5.07. The Hall–Kier alpha value is -8.53. The van der Waals surface area contributed by atoms with E-state index in [0.717, 1.165) is 45.9 Å². The van der Waals surface area contributed by atoms with Gasteiger partial charge in [-0.15, -0.1) is 0 Å². The van der Waals surface area contributed by atoms with Crippen LogP contribution in [-0.4, -0.2) is 15.0 Å². The molecule has 12 rings (SSSR count). The highest BCUT2D eigenvalue weighted by Crippen LogP contribution is 2.47. The molecular weight excluding hydrogens is 799 g/mol. The Morgan fingerprint density at radius 3 is 1.18 bits per heavy atom. The summed E-state index contributed by atoms with van der Waals surface area (Å²) in [5, 5.41) is 9.87. The molecule has 310 valence electrons. The molecule has 0 radical (unpaired) electrons. The van der Waals surface area contributed by atoms with Crippen molar-refractivity contribution in [3.05, 3.63) is 236 Å². The number of aryl methyl sites for hydroxylation is 1. The van der Waals surface area contributed by atoms with E-state index < -0.39 is 0 Å². The number of nitrogens with zero attached hydrogens (tertiary/aromatic N) is 3. The maximum absolute atomic E-state index is 5.07. The van der Waals surface area contributed by atoms with Gasteiger partial charge >= 0.3 is 0 Å². The first-order valence-corrected chi connectivity index (χ1v) is 22.7. The van der Waals surface area contributed by atoms with Gasteiger partial charge in [0.05, 0.1) is 22.8 Å². The largest absolute Gasteiger partial charge is 0.255 e. The van der Waals surface area contributed by atoms with Crippen LogP contribution in [0.15, 0.2) is 231 Å². The molecule has 3 aromatic heterocycles. The van der Waals surface area contributed by atoms with Crippen molar-refractivity contribution in [1.82, 2.24) is 15.0 Å². The van der Waals surface area contributed by atoms with E-state index in [1.807, 2.05) is 48.8 Å². The third-order valence-electron chi connectivity index (χ3n) is 13.2. The van der Waals surface area contributed by atoms with Gasteiger partial charge in [-0.1, -0.05) is 177 Å². The van der Waals surface area contributed by atoms with E-state index in [1.165, 1.54) is 87.6 Å². The number of aromatic nitrogens is 3. The van der Waals surface area contributed by atoms with Gasteiger partial charge in [-0.25, -0.2) is 4.98 Å². The quantitative estimate of drug-likeness (QED) is 0.143. The Bertz CT molecular complexity index is 3710. The fourth-order valence-electron chi connectivity index (χ4n) is 10.1. The van der Waals surface area contributed by atoms with Gasteiger partial charge in [0.15, 0.2) is 0 Å². The third kappa shape index (κ3) is 6.81. The van der Waals surface area contributed by atoms with Crippen LogP contribution in [0, 0.1) is 0 Å². The minimum atomic E-state index is 0.807. The zero-order chi connectivity index (χ0) is 44.0. The summed E-state index contributed by atoms with van der Waals surface area (Å²) in [6.07, 6.45) is 4.63. The lowest BCUT2D eigenvalue weighted by atomic mass is 9.83. The summed E-state index contributed by atoms with van der Waals surface area (Å²) in [4.78, 5) is 14.4. The first-order chi connectivity index (χ1) is 32.7. The van der Waals surface area contributed by atoms with Crippen LogP contribution in [-0.2, 0) is 6.42 Å². The van der Waals surface area contributed by atoms with Gasteiger partial charge in [-0.3, -0.25) is 9.97 Å². The summed E-state index contributed by atoms with van der Waals surface area (Å²) in [6, 6.07) is 79.1. The van der Waals surface area contributed by atoms with Crippen LogP contribution in [0.3, 0.4) is 0 Å². The van der Waals surface area contributed by atoms with E-state index in [0.29, 0.717) is 0 Å². The lowest BCUT2D eigenvalue weighted by Gasteiger charge is -2.20. The smallest absolute Gasteiger partial charge is 0.0900 e. The molecule has 0 amide bonds. The topological polar surface area (TPSA) is 38.7 Å². The Morgan fingerprint density at radius 1 is 0.288 bits per heavy atom. The third-order valence-corrected chi connectivity index (χ3v) is 13.2. The van der Waals surface area contributed by atoms with Gasteiger partial charge in [-0.2, -0.15) is 0 Å². The second-order valence-electron chi connectivity index (χ2n) is 16.9. The Labute approximate surface area is 384 Å². The first-order valence-electron chi connectivity index (χ1n) is 22.7. The van der Waals surface area contributed by atoms with Crippen molar-refractivity contribution in [2.75, 3.05) is 0 Å². The Balaban J connectivity index is 1.09. The normalized spacial score (nSPS) is 11.5. The number of hydrogen-bond donors (Lipinski definition) is 0. The molecule has 0 bridgehead atoms. The van der Waals surface area contributed by atoms with E-state index in [2.05, 4.69) is 199 Å². The molecule has 0 spiro atoms. The molecule has 0 fully saturated rings. The summed E-state index contributed by atoms with van der Waals surface area (Å²) in [5.41, 5.74) is 16.5. The molecular formula is C63H43N3. The highest BCUT2D eigenvalue weighted by molar-refractivity contribution is 6.23. The second kappa shape index (κ2) is 16.5. The fraction of sp³-hybridized carbons (Fsp3) is 0.0317. The Kier molecular flexibility index (Phi) is 9.80. The van der Waals surface area contributed by atoms with Crippen LogP contribution >= 0.6 is 0 Å². The van der Waals surface area contributed by atoms with Crippen molar-refractivity contribution in [1.29, 1.82) is 0 Å². The van der Waals surface area contributed by atoms with Gasteiger partial charge in [-0.05, 0) is 159 Å². The molecule has 66 heavy (non-hydrogen) atoms. The summed E-state index contributed by atoms with van der Waals surface area (Å²) in [5.74, 6) is 0. The zero-order valence-electron chi connectivity index (χ0n) is 36.5. The summed E-state index contributed by atoms with van der Waals surface area (Å²) in [6.45, 7) is 2.24. The minimum Gasteiger partial charge on any atom is -0.255 e. The highest BCUT2D eigenvalue weighted by Gasteiger charge is 2.21. The molecule has 12 aromatic rings. The van der Waals surface area contributed by atoms with E-state index in [9.17, 15) is 0 Å². The first kappa shape index (κ1) is 39.1. The Morgan fingerprint density at radius 2 is 0.712 bits per heavy atom. The molecule has 9 aromatic carbocycles. The lowest BCUT2D eigenvalue weighted by Crippen LogP contribution is -1.95. The van der Waals surface area contributed by atoms with Crippen LogP contribution in [0.5, 0.6) is 0 Å². The fourth-order valence-corrected chi connectivity index (χ4v) is 10.1. The zero-order valence-corrected chi connectivity index (χ0v) is 36.5. The van der Waals surface area contributed by atoms with E-state index in [-0.39, 0.29) is 0 Å². The standard InChI is InChI=1S/C63H43N3/c1-2-41-27-30-48(51-22-10-9-21-47(41)51)44-28-31-54-56(37-44)62(42-17-5-3-6-18-42)55-32-29-45(38-57(55)63(54)43-19-7-4-8-20-43)49-33-34-50(53-24-12-11-23-52(49)53)46-39-60(58-25-13-15-35-64-58)66-61(40-46)59-26-14-16-36-65-59/h3-40H,2H2,1H3. The van der Waals surface area contributed by atoms with E-state index in [4.69, 9.17) is 4.98 Å². The van der Waals surface area contributed by atoms with E-state index in [1.54, 1.807) is 0 Å². The highest BCUT2D eigenvalue weighted by atomic mass is 14.8. The van der Waals surface area contributed by atoms with Crippen molar-refractivity contribution in [2.45, 2.75) is 13.3 Å². The number of benzene rings is 9. The number of pyridine rings is 3. The van der Waals surface area contributed by atoms with Gasteiger partial charge in [0, 0.05) is 12.4 Å². The SMILES string of the molecule is CCc1ccc(-c2ccc3c(-c4ccccc4)c4cc(-c5ccc(-c6cc(-c7ccccn7)nc(-c7ccccn7)c6)c6ccccc56)ccc4c(-c4ccccc4)c3c2)c2ccccc12. The molecule has 0 aliphatic heterocycles. The van der Waals surface area contributed by atoms with Gasteiger partial charge in [0.2, 0.25) is 0 Å². The van der Waals surface area contributed by atoms with Crippen LogP contribution in [0.25, 0.3) is 122 Å². The predicted molar refractivity (Wildman–Crippen MR) is 277 cm³/mol. The summed E-state index contributed by atoms with van der Waals surface area (Å²) in [7, 11) is 0. The molecule has 0 unspecified atom stereocenters.